The van der Waals surface area contributed by atoms with Crippen molar-refractivity contribution in [3.05, 3.63) is 35.0 Å². The largest absolute Gasteiger partial charge is 0.497 e. The highest BCUT2D eigenvalue weighted by molar-refractivity contribution is 6.30. The molecule has 0 spiro atoms. The first-order chi connectivity index (χ1) is 9.99. The van der Waals surface area contributed by atoms with Crippen LogP contribution in [0.4, 0.5) is 0 Å². The van der Waals surface area contributed by atoms with Crippen molar-refractivity contribution in [1.82, 2.24) is 14.8 Å². The van der Waals surface area contributed by atoms with Crippen LogP contribution in [-0.4, -0.2) is 56.1 Å². The van der Waals surface area contributed by atoms with Gasteiger partial charge in [-0.25, -0.2) is 4.98 Å². The minimum atomic E-state index is 0.562. The van der Waals surface area contributed by atoms with Gasteiger partial charge in [-0.1, -0.05) is 11.6 Å². The molecular weight excluding hydrogens is 286 g/mol. The van der Waals surface area contributed by atoms with Gasteiger partial charge in [0.1, 0.15) is 10.9 Å². The van der Waals surface area contributed by atoms with Gasteiger partial charge in [0.15, 0.2) is 0 Å². The molecular formula is C16H22ClN3O. The van der Waals surface area contributed by atoms with Crippen LogP contribution in [0.2, 0.25) is 5.15 Å². The fourth-order valence-corrected chi connectivity index (χ4v) is 2.35. The zero-order valence-corrected chi connectivity index (χ0v) is 13.8. The highest BCUT2D eigenvalue weighted by atomic mass is 35.5. The Balaban J connectivity index is 2.18. The average molecular weight is 308 g/mol. The van der Waals surface area contributed by atoms with Gasteiger partial charge in [-0.05, 0) is 39.3 Å². The Bertz CT molecular complexity index is 616. The third kappa shape index (κ3) is 4.30. The molecule has 0 saturated heterocycles. The van der Waals surface area contributed by atoms with E-state index in [-0.39, 0.29) is 0 Å². The van der Waals surface area contributed by atoms with Crippen LogP contribution < -0.4 is 4.74 Å². The van der Waals surface area contributed by atoms with E-state index in [0.29, 0.717) is 5.15 Å². The SMILES string of the molecule is COc1ccc2cc(CN(C)CCN(C)C)c(Cl)nc2c1. The first kappa shape index (κ1) is 16.0. The number of aromatic nitrogens is 1. The second-order valence-electron chi connectivity index (χ2n) is 5.54. The third-order valence-electron chi connectivity index (χ3n) is 3.42. The Labute approximate surface area is 131 Å². The van der Waals surface area contributed by atoms with Crippen molar-refractivity contribution in [3.8, 4) is 5.75 Å². The fourth-order valence-electron chi connectivity index (χ4n) is 2.15. The Morgan fingerprint density at radius 3 is 2.57 bits per heavy atom. The van der Waals surface area contributed by atoms with Crippen molar-refractivity contribution in [1.29, 1.82) is 0 Å². The Kier molecular flexibility index (Phi) is 5.39. The number of pyridine rings is 1. The fraction of sp³-hybridized carbons (Fsp3) is 0.438. The molecule has 0 fully saturated rings. The van der Waals surface area contributed by atoms with Crippen molar-refractivity contribution in [2.24, 2.45) is 0 Å². The van der Waals surface area contributed by atoms with E-state index < -0.39 is 0 Å². The van der Waals surface area contributed by atoms with Crippen LogP contribution in [0.5, 0.6) is 5.75 Å². The number of rotatable bonds is 6. The normalized spacial score (nSPS) is 11.6. The first-order valence-electron chi connectivity index (χ1n) is 6.96. The van der Waals surface area contributed by atoms with Crippen molar-refractivity contribution >= 4 is 22.5 Å². The summed E-state index contributed by atoms with van der Waals surface area (Å²) >= 11 is 6.32. The van der Waals surface area contributed by atoms with Gasteiger partial charge in [0, 0.05) is 36.7 Å². The zero-order chi connectivity index (χ0) is 15.4. The summed E-state index contributed by atoms with van der Waals surface area (Å²) in [6, 6.07) is 7.97. The standard InChI is InChI=1S/C16H22ClN3O/c1-19(2)7-8-20(3)11-13-9-12-5-6-14(21-4)10-15(12)18-16(13)17/h5-6,9-10H,7-8,11H2,1-4H3. The molecule has 0 aliphatic rings. The monoisotopic (exact) mass is 307 g/mol. The van der Waals surface area contributed by atoms with Crippen molar-refractivity contribution in [2.45, 2.75) is 6.54 Å². The first-order valence-corrected chi connectivity index (χ1v) is 7.34. The second kappa shape index (κ2) is 7.07. The number of methoxy groups -OCH3 is 1. The molecule has 0 aliphatic heterocycles. The Morgan fingerprint density at radius 1 is 1.14 bits per heavy atom. The summed E-state index contributed by atoms with van der Waals surface area (Å²) in [5.74, 6) is 0.793. The number of hydrogen-bond acceptors (Lipinski definition) is 4. The number of fused-ring (bicyclic) bond motifs is 1. The molecule has 1 aromatic carbocycles. The number of hydrogen-bond donors (Lipinski definition) is 0. The predicted molar refractivity (Wildman–Crippen MR) is 88.2 cm³/mol. The number of ether oxygens (including phenoxy) is 1. The molecule has 2 rings (SSSR count). The lowest BCUT2D eigenvalue weighted by atomic mass is 10.1. The molecule has 0 saturated carbocycles. The summed E-state index contributed by atoms with van der Waals surface area (Å²) < 4.78 is 5.22. The molecule has 21 heavy (non-hydrogen) atoms. The van der Waals surface area contributed by atoms with Crippen molar-refractivity contribution < 1.29 is 4.74 Å². The maximum Gasteiger partial charge on any atom is 0.134 e. The minimum Gasteiger partial charge on any atom is -0.497 e. The summed E-state index contributed by atoms with van der Waals surface area (Å²) in [6.07, 6.45) is 0. The number of nitrogens with zero attached hydrogens (tertiary/aromatic N) is 3. The van der Waals surface area contributed by atoms with Crippen LogP contribution in [0.25, 0.3) is 10.9 Å². The molecule has 0 aliphatic carbocycles. The molecule has 4 nitrogen and oxygen atoms in total. The van der Waals surface area contributed by atoms with E-state index in [1.54, 1.807) is 7.11 Å². The molecule has 0 amide bonds. The molecule has 2 aromatic rings. The third-order valence-corrected chi connectivity index (χ3v) is 3.75. The van der Waals surface area contributed by atoms with Crippen LogP contribution in [0.1, 0.15) is 5.56 Å². The van der Waals surface area contributed by atoms with Gasteiger partial charge in [-0.2, -0.15) is 0 Å². The molecule has 0 N–H and O–H groups in total. The highest BCUT2D eigenvalue weighted by Gasteiger charge is 2.09. The predicted octanol–water partition coefficient (Wildman–Crippen LogP) is 2.89. The molecule has 0 bridgehead atoms. The summed E-state index contributed by atoms with van der Waals surface area (Å²) in [6.45, 7) is 2.80. The van der Waals surface area contributed by atoms with E-state index in [1.807, 2.05) is 18.2 Å². The molecule has 0 unspecified atom stereocenters. The van der Waals surface area contributed by atoms with Crippen LogP contribution in [0, 0.1) is 0 Å². The maximum absolute atomic E-state index is 6.32. The summed E-state index contributed by atoms with van der Waals surface area (Å²) in [7, 11) is 7.90. The van der Waals surface area contributed by atoms with E-state index in [4.69, 9.17) is 16.3 Å². The van der Waals surface area contributed by atoms with Crippen LogP contribution in [-0.2, 0) is 6.54 Å². The molecule has 1 heterocycles. The lowest BCUT2D eigenvalue weighted by molar-refractivity contribution is 0.276. The number of likely N-dealkylation sites (N-methyl/N-ethyl adjacent to an activating group) is 2. The molecule has 114 valence electrons. The van der Waals surface area contributed by atoms with E-state index in [2.05, 4.69) is 42.0 Å². The Hall–Kier alpha value is -1.36. The van der Waals surface area contributed by atoms with Gasteiger partial charge >= 0.3 is 0 Å². The Morgan fingerprint density at radius 2 is 1.90 bits per heavy atom. The molecule has 0 atom stereocenters. The number of halogens is 1. The smallest absolute Gasteiger partial charge is 0.134 e. The topological polar surface area (TPSA) is 28.6 Å². The van der Waals surface area contributed by atoms with Crippen LogP contribution in [0.3, 0.4) is 0 Å². The lowest BCUT2D eigenvalue weighted by Crippen LogP contribution is -2.28. The summed E-state index contributed by atoms with van der Waals surface area (Å²) in [4.78, 5) is 8.90. The second-order valence-corrected chi connectivity index (χ2v) is 5.90. The molecule has 1 aromatic heterocycles. The van der Waals surface area contributed by atoms with Gasteiger partial charge in [0.2, 0.25) is 0 Å². The molecule has 5 heteroatoms. The van der Waals surface area contributed by atoms with Crippen LogP contribution in [0.15, 0.2) is 24.3 Å². The van der Waals surface area contributed by atoms with Gasteiger partial charge in [0.05, 0.1) is 12.6 Å². The van der Waals surface area contributed by atoms with E-state index in [9.17, 15) is 0 Å². The zero-order valence-electron chi connectivity index (χ0n) is 13.1. The lowest BCUT2D eigenvalue weighted by Gasteiger charge is -2.20. The van der Waals surface area contributed by atoms with E-state index >= 15 is 0 Å². The highest BCUT2D eigenvalue weighted by Crippen LogP contribution is 2.24. The van der Waals surface area contributed by atoms with Crippen LogP contribution >= 0.6 is 11.6 Å². The molecule has 0 radical (unpaired) electrons. The van der Waals surface area contributed by atoms with Gasteiger partial charge in [-0.15, -0.1) is 0 Å². The van der Waals surface area contributed by atoms with Gasteiger partial charge < -0.3 is 14.5 Å². The van der Waals surface area contributed by atoms with Crippen molar-refractivity contribution in [3.63, 3.8) is 0 Å². The number of benzene rings is 1. The van der Waals surface area contributed by atoms with E-state index in [0.717, 1.165) is 41.9 Å². The average Bonchev–Trinajstić information content (AvgIpc) is 2.45. The van der Waals surface area contributed by atoms with Gasteiger partial charge in [0.25, 0.3) is 0 Å². The van der Waals surface area contributed by atoms with Crippen molar-refractivity contribution in [2.75, 3.05) is 41.3 Å². The maximum atomic E-state index is 6.32. The van der Waals surface area contributed by atoms with E-state index in [1.165, 1.54) is 0 Å². The quantitative estimate of drug-likeness (QED) is 0.767. The summed E-state index contributed by atoms with van der Waals surface area (Å²) in [5.41, 5.74) is 1.91. The minimum absolute atomic E-state index is 0.562. The summed E-state index contributed by atoms with van der Waals surface area (Å²) in [5, 5.41) is 1.64. The van der Waals surface area contributed by atoms with Gasteiger partial charge in [-0.3, -0.25) is 0 Å².